The molecule has 8 nitrogen and oxygen atoms in total. The Labute approximate surface area is 156 Å². The van der Waals surface area contributed by atoms with E-state index in [0.29, 0.717) is 12.2 Å². The first-order valence-corrected chi connectivity index (χ1v) is 8.19. The number of amides is 1. The zero-order valence-corrected chi connectivity index (χ0v) is 15.0. The summed E-state index contributed by atoms with van der Waals surface area (Å²) in [5, 5.41) is 13.7. The molecule has 2 aromatic rings. The van der Waals surface area contributed by atoms with Crippen LogP contribution in [0.4, 0.5) is 5.69 Å². The Morgan fingerprint density at radius 1 is 1.19 bits per heavy atom. The average molecular weight is 372 g/mol. The highest BCUT2D eigenvalue weighted by atomic mass is 16.6. The van der Waals surface area contributed by atoms with Crippen LogP contribution < -0.4 is 14.8 Å². The van der Waals surface area contributed by atoms with Crippen molar-refractivity contribution in [3.8, 4) is 11.5 Å². The van der Waals surface area contributed by atoms with Crippen molar-refractivity contribution < 1.29 is 24.0 Å². The molecule has 8 heteroatoms. The van der Waals surface area contributed by atoms with E-state index in [1.165, 1.54) is 32.2 Å². The number of nitrogens with zero attached hydrogens (tertiary/aromatic N) is 1. The van der Waals surface area contributed by atoms with E-state index in [0.717, 1.165) is 5.56 Å². The summed E-state index contributed by atoms with van der Waals surface area (Å²) in [5.74, 6) is -0.490. The standard InChI is InChI=1S/C19H20N2O6/c1-13(22)16(10-14-6-4-3-5-7-14)20-19(23)12-27-18-9-8-15(26-2)11-17(18)21(24)25/h3-9,11,16H,10,12H2,1-2H3,(H,20,23)/t16-/m1/s1. The normalized spacial score (nSPS) is 11.3. The maximum Gasteiger partial charge on any atom is 0.314 e. The molecule has 0 heterocycles. The summed E-state index contributed by atoms with van der Waals surface area (Å²) in [4.78, 5) is 34.5. The van der Waals surface area contributed by atoms with Gasteiger partial charge in [-0.05, 0) is 31.0 Å². The lowest BCUT2D eigenvalue weighted by atomic mass is 10.0. The molecule has 1 atom stereocenters. The summed E-state index contributed by atoms with van der Waals surface area (Å²) in [7, 11) is 1.39. The number of hydrogen-bond acceptors (Lipinski definition) is 6. The third kappa shape index (κ3) is 5.81. The number of hydrogen-bond donors (Lipinski definition) is 1. The predicted molar refractivity (Wildman–Crippen MR) is 97.9 cm³/mol. The van der Waals surface area contributed by atoms with E-state index in [1.54, 1.807) is 0 Å². The van der Waals surface area contributed by atoms with Crippen LogP contribution in [0.1, 0.15) is 12.5 Å². The molecule has 0 fully saturated rings. The van der Waals surface area contributed by atoms with Gasteiger partial charge >= 0.3 is 5.69 Å². The van der Waals surface area contributed by atoms with Crippen molar-refractivity contribution in [2.45, 2.75) is 19.4 Å². The van der Waals surface area contributed by atoms with Gasteiger partial charge in [0, 0.05) is 0 Å². The van der Waals surface area contributed by atoms with Gasteiger partial charge in [0.05, 0.1) is 24.1 Å². The van der Waals surface area contributed by atoms with Gasteiger partial charge in [0.25, 0.3) is 5.91 Å². The lowest BCUT2D eigenvalue weighted by molar-refractivity contribution is -0.385. The molecular weight excluding hydrogens is 352 g/mol. The van der Waals surface area contributed by atoms with Gasteiger partial charge < -0.3 is 14.8 Å². The maximum absolute atomic E-state index is 12.1. The molecule has 2 rings (SSSR count). The Bertz CT molecular complexity index is 822. The molecule has 0 aliphatic heterocycles. The lowest BCUT2D eigenvalue weighted by Gasteiger charge is -2.16. The Kier molecular flexibility index (Phi) is 6.87. The molecule has 0 aliphatic carbocycles. The van der Waals surface area contributed by atoms with Crippen molar-refractivity contribution in [3.05, 3.63) is 64.2 Å². The van der Waals surface area contributed by atoms with Gasteiger partial charge in [-0.25, -0.2) is 0 Å². The predicted octanol–water partition coefficient (Wildman–Crippen LogP) is 2.30. The minimum Gasteiger partial charge on any atom is -0.496 e. The van der Waals surface area contributed by atoms with E-state index in [-0.39, 0.29) is 17.2 Å². The Morgan fingerprint density at radius 2 is 1.89 bits per heavy atom. The zero-order chi connectivity index (χ0) is 19.8. The molecule has 27 heavy (non-hydrogen) atoms. The molecule has 0 aliphatic rings. The molecule has 0 bridgehead atoms. The maximum atomic E-state index is 12.1. The number of carbonyl (C=O) groups excluding carboxylic acids is 2. The van der Waals surface area contributed by atoms with E-state index >= 15 is 0 Å². The highest BCUT2D eigenvalue weighted by Crippen LogP contribution is 2.30. The SMILES string of the molecule is COc1ccc(OCC(=O)N[C@H](Cc2ccccc2)C(C)=O)c([N+](=O)[O-])c1. The lowest BCUT2D eigenvalue weighted by Crippen LogP contribution is -2.43. The Morgan fingerprint density at radius 3 is 2.48 bits per heavy atom. The van der Waals surface area contributed by atoms with Crippen LogP contribution in [-0.2, 0) is 16.0 Å². The number of methoxy groups -OCH3 is 1. The van der Waals surface area contributed by atoms with Gasteiger partial charge in [0.15, 0.2) is 18.1 Å². The number of ether oxygens (including phenoxy) is 2. The number of carbonyl (C=O) groups is 2. The third-order valence-corrected chi connectivity index (χ3v) is 3.83. The van der Waals surface area contributed by atoms with Crippen LogP contribution in [0.25, 0.3) is 0 Å². The van der Waals surface area contributed by atoms with E-state index in [4.69, 9.17) is 9.47 Å². The van der Waals surface area contributed by atoms with E-state index in [2.05, 4.69) is 5.32 Å². The fourth-order valence-corrected chi connectivity index (χ4v) is 2.41. The second kappa shape index (κ2) is 9.33. The number of nitro groups is 1. The van der Waals surface area contributed by atoms with Crippen molar-refractivity contribution >= 4 is 17.4 Å². The quantitative estimate of drug-likeness (QED) is 0.534. The largest absolute Gasteiger partial charge is 0.496 e. The number of nitrogens with one attached hydrogen (secondary N) is 1. The summed E-state index contributed by atoms with van der Waals surface area (Å²) >= 11 is 0. The van der Waals surface area contributed by atoms with E-state index in [1.807, 2.05) is 30.3 Å². The van der Waals surface area contributed by atoms with Crippen LogP contribution in [0.2, 0.25) is 0 Å². The first-order chi connectivity index (χ1) is 12.9. The highest BCUT2D eigenvalue weighted by molar-refractivity contribution is 5.88. The van der Waals surface area contributed by atoms with Gasteiger partial charge in [-0.3, -0.25) is 19.7 Å². The summed E-state index contributed by atoms with van der Waals surface area (Å²) < 4.78 is 10.2. The second-order valence-corrected chi connectivity index (χ2v) is 5.80. The summed E-state index contributed by atoms with van der Waals surface area (Å²) in [6.45, 7) is 0.939. The van der Waals surface area contributed by atoms with Crippen LogP contribution in [0.5, 0.6) is 11.5 Å². The monoisotopic (exact) mass is 372 g/mol. The van der Waals surface area contributed by atoms with E-state index in [9.17, 15) is 19.7 Å². The van der Waals surface area contributed by atoms with Crippen molar-refractivity contribution in [3.63, 3.8) is 0 Å². The van der Waals surface area contributed by atoms with Gasteiger partial charge in [-0.2, -0.15) is 0 Å². The molecule has 0 unspecified atom stereocenters. The highest BCUT2D eigenvalue weighted by Gasteiger charge is 2.20. The minimum atomic E-state index is -0.700. The first-order valence-electron chi connectivity index (χ1n) is 8.19. The number of Topliss-reactive ketones (excluding diaryl/α,β-unsaturated/α-hetero) is 1. The van der Waals surface area contributed by atoms with Gasteiger partial charge in [-0.15, -0.1) is 0 Å². The van der Waals surface area contributed by atoms with E-state index < -0.39 is 23.5 Å². The molecule has 142 valence electrons. The molecule has 0 spiro atoms. The summed E-state index contributed by atoms with van der Waals surface area (Å²) in [5.41, 5.74) is 0.597. The van der Waals surface area contributed by atoms with Crippen LogP contribution in [-0.4, -0.2) is 36.4 Å². The molecule has 0 aromatic heterocycles. The first kappa shape index (κ1) is 19.9. The van der Waals surface area contributed by atoms with Crippen molar-refractivity contribution in [1.82, 2.24) is 5.32 Å². The van der Waals surface area contributed by atoms with Crippen molar-refractivity contribution in [2.75, 3.05) is 13.7 Å². The van der Waals surface area contributed by atoms with Crippen molar-refractivity contribution in [1.29, 1.82) is 0 Å². The third-order valence-electron chi connectivity index (χ3n) is 3.83. The zero-order valence-electron chi connectivity index (χ0n) is 15.0. The van der Waals surface area contributed by atoms with Gasteiger partial charge in [0.1, 0.15) is 5.75 Å². The molecule has 1 N–H and O–H groups in total. The molecule has 0 saturated carbocycles. The fourth-order valence-electron chi connectivity index (χ4n) is 2.41. The Balaban J connectivity index is 2.00. The topological polar surface area (TPSA) is 108 Å². The van der Waals surface area contributed by atoms with Gasteiger partial charge in [-0.1, -0.05) is 30.3 Å². The number of nitro benzene ring substituents is 1. The van der Waals surface area contributed by atoms with Gasteiger partial charge in [0.2, 0.25) is 0 Å². The van der Waals surface area contributed by atoms with Crippen LogP contribution in [0.15, 0.2) is 48.5 Å². The number of ketones is 1. The van der Waals surface area contributed by atoms with Crippen LogP contribution in [0, 0.1) is 10.1 Å². The molecular formula is C19H20N2O6. The summed E-state index contributed by atoms with van der Waals surface area (Å²) in [6, 6.07) is 12.6. The van der Waals surface area contributed by atoms with Crippen LogP contribution in [0.3, 0.4) is 0 Å². The van der Waals surface area contributed by atoms with Crippen LogP contribution >= 0.6 is 0 Å². The second-order valence-electron chi connectivity index (χ2n) is 5.80. The minimum absolute atomic E-state index is 0.0571. The number of benzene rings is 2. The Hall–Kier alpha value is -3.42. The molecule has 1 amide bonds. The molecule has 0 radical (unpaired) electrons. The molecule has 2 aromatic carbocycles. The molecule has 0 saturated heterocycles. The average Bonchev–Trinajstić information content (AvgIpc) is 2.66. The number of rotatable bonds is 9. The van der Waals surface area contributed by atoms with Crippen molar-refractivity contribution in [2.24, 2.45) is 0 Å². The summed E-state index contributed by atoms with van der Waals surface area (Å²) in [6.07, 6.45) is 0.352. The fraction of sp³-hybridized carbons (Fsp3) is 0.263. The smallest absolute Gasteiger partial charge is 0.314 e.